The average Bonchev–Trinajstić information content (AvgIpc) is 1.38. The van der Waals surface area contributed by atoms with Gasteiger partial charge in [-0.25, -0.2) is 43.4 Å². The van der Waals surface area contributed by atoms with E-state index in [0.29, 0.717) is 57.4 Å². The number of nitrogens with zero attached hydrogens (tertiary/aromatic N) is 11. The van der Waals surface area contributed by atoms with Crippen molar-refractivity contribution in [2.45, 2.75) is 78.1 Å². The van der Waals surface area contributed by atoms with Crippen LogP contribution in [-0.4, -0.2) is 109 Å². The number of nitrogens with one attached hydrogen (secondary N) is 4. The smallest absolute Gasteiger partial charge is 0.857 e. The number of alkyl halides is 1. The normalized spacial score (nSPS) is 11.1. The molecule has 3 unspecified atom stereocenters. The number of ether oxygens (including phenoxy) is 4. The van der Waals surface area contributed by atoms with Crippen molar-refractivity contribution in [2.75, 3.05) is 39.9 Å². The van der Waals surface area contributed by atoms with E-state index in [-0.39, 0.29) is 94.0 Å². The van der Waals surface area contributed by atoms with Gasteiger partial charge in [-0.2, -0.15) is 22.4 Å². The summed E-state index contributed by atoms with van der Waals surface area (Å²) in [6.07, 6.45) is 13.3. The first kappa shape index (κ1) is 124. The summed E-state index contributed by atoms with van der Waals surface area (Å²) < 4.78 is 34.5. The minimum Gasteiger partial charge on any atom is -0.857 e. The van der Waals surface area contributed by atoms with Crippen LogP contribution in [0.2, 0.25) is 0 Å². The third-order valence-electron chi connectivity index (χ3n) is 18.9. The number of esters is 2. The Bertz CT molecular complexity index is 7020. The van der Waals surface area contributed by atoms with Crippen molar-refractivity contribution in [3.05, 3.63) is 466 Å². The van der Waals surface area contributed by atoms with Crippen LogP contribution in [0.15, 0.2) is 377 Å². The number of carbonyl (C=O) groups excluding carboxylic acids is 2. The fourth-order valence-corrected chi connectivity index (χ4v) is 15.0. The average molecular weight is 2680 g/mol. The summed E-state index contributed by atoms with van der Waals surface area (Å²) >= 11 is 35.0. The van der Waals surface area contributed by atoms with Crippen LogP contribution in [0.3, 0.4) is 0 Å². The molecule has 750 valence electrons. The number of aryl methyl sites for hydroxylation is 3. The van der Waals surface area contributed by atoms with Gasteiger partial charge >= 0.3 is 41.5 Å². The molecular weight excluding hydrogens is 2580 g/mol. The number of hydrogen-bond acceptors (Lipinski definition) is 23. The van der Waals surface area contributed by atoms with E-state index in [1.807, 2.05) is 268 Å². The summed E-state index contributed by atoms with van der Waals surface area (Å²) in [6, 6.07) is 78.2. The van der Waals surface area contributed by atoms with Crippen molar-refractivity contribution in [3.8, 4) is 28.6 Å². The Morgan fingerprint density at radius 3 is 1.30 bits per heavy atom. The molecule has 0 amide bonds. The zero-order chi connectivity index (χ0) is 105. The summed E-state index contributed by atoms with van der Waals surface area (Å²) in [4.78, 5) is 110. The number of aromatic amines is 3. The molecule has 9 aromatic carbocycles. The number of hydrogen-bond donors (Lipinski definition) is 7. The van der Waals surface area contributed by atoms with E-state index in [4.69, 9.17) is 36.6 Å². The standard InChI is InChI=1S/C13H13BrN2O.C12H10Br2N2O.2C11H9BrN2O2.C11H11BrN2O.C11H13N3O.C8H9Br.C7H8BrNO.C7H10N2.C4H2Br2N2O.C4HBrO3.CH3O.Na/c1-9-8-15-16(13(17)12(9)14)10(2)11-6-4-3-5-7-11;1-8(9-5-3-2-4-6-9)16-12(17)11(14)10(13)7-15-16;12-9-6-10(15)14(13-11(9)16)7-8-4-2-1-3-5-8;12-9-6-10(15)13-14(11(9)16)7-8-4-2-1-3-5-8;2*1-8-6-14(7-13-8)10-4-3-9(12)5-11(10)15-2;1-7(9)8-5-3-2-4-6-8;1-10-7-4-5(8)2-3-6(7)9;8-9-6-7-4-2-1-3-5-7;5-2-1-7-8-4(9)3(2)6;5-2-1-3(6)8-4(2)7;1-2;/h3-8,10H,1-2H3;2-8H,1H3;1-6H,7H2,(H,13,16);1-6H,7H2,(H,13,15);3-7H,1-2H3;3-7H,12H2,1-2H3;2-7H,1H3;2-4H,9H2,1H3;1-5,9H,6,8H2;1H,(H,8,9);1H;1H3;/q;;;;;;;;;;;-1;+1. The topological polar surface area (TPSA) is 445 Å². The number of anilines is 2. The molecule has 44 heteroatoms. The van der Waals surface area contributed by atoms with Crippen molar-refractivity contribution < 1.29 is 63.2 Å². The van der Waals surface area contributed by atoms with E-state index in [2.05, 4.69) is 245 Å². The molecule has 8 heterocycles. The van der Waals surface area contributed by atoms with E-state index in [1.165, 1.54) is 48.2 Å². The van der Waals surface area contributed by atoms with Crippen molar-refractivity contribution in [3.63, 3.8) is 0 Å². The second-order valence-electron chi connectivity index (χ2n) is 29.2. The first-order chi connectivity index (χ1) is 68.3. The molecule has 17 rings (SSSR count). The van der Waals surface area contributed by atoms with Crippen LogP contribution in [0.1, 0.15) is 88.0 Å². The zero-order valence-corrected chi connectivity index (χ0v) is 98.6. The fraction of sp³-hybridized carbons (Fsp3) is 0.160. The molecule has 0 radical (unpaired) electrons. The molecule has 0 saturated heterocycles. The van der Waals surface area contributed by atoms with Crippen LogP contribution in [0.4, 0.5) is 11.4 Å². The summed E-state index contributed by atoms with van der Waals surface area (Å²) in [5, 5.41) is 27.3. The maximum absolute atomic E-state index is 12.1. The van der Waals surface area contributed by atoms with Crippen LogP contribution in [0.25, 0.3) is 11.4 Å². The minimum atomic E-state index is -0.616. The van der Waals surface area contributed by atoms with Gasteiger partial charge in [0.2, 0.25) is 0 Å². The molecule has 0 saturated carbocycles. The Hall–Kier alpha value is -10.6. The van der Waals surface area contributed by atoms with Gasteiger partial charge in [0.15, 0.2) is 0 Å². The summed E-state index contributed by atoms with van der Waals surface area (Å²) in [5.41, 5.74) is 24.9. The van der Waals surface area contributed by atoms with Crippen molar-refractivity contribution in [1.82, 2.24) is 73.8 Å². The first-order valence-corrected chi connectivity index (χ1v) is 51.0. The maximum Gasteiger partial charge on any atom is 1.00 e. The first-order valence-electron chi connectivity index (χ1n) is 42.2. The monoisotopic (exact) mass is 2670 g/mol. The number of rotatable bonds is 16. The van der Waals surface area contributed by atoms with E-state index in [0.717, 1.165) is 90.8 Å². The summed E-state index contributed by atoms with van der Waals surface area (Å²) in [7, 11) is 5.63. The number of methoxy groups -OCH3 is 3. The van der Waals surface area contributed by atoms with E-state index in [9.17, 15) is 43.2 Å². The van der Waals surface area contributed by atoms with Crippen LogP contribution >= 0.6 is 175 Å². The Labute approximate surface area is 943 Å². The van der Waals surface area contributed by atoms with Gasteiger partial charge in [0, 0.05) is 62.7 Å². The van der Waals surface area contributed by atoms with Crippen LogP contribution in [0, 0.1) is 20.8 Å². The predicted molar refractivity (Wildman–Crippen MR) is 597 cm³/mol. The number of nitrogens with two attached hydrogens (primary N) is 3. The second kappa shape index (κ2) is 65.8. The molecule has 0 bridgehead atoms. The molecule has 1 aliphatic heterocycles. The molecule has 0 fully saturated rings. The largest absolute Gasteiger partial charge is 1.00 e. The van der Waals surface area contributed by atoms with Gasteiger partial charge in [-0.1, -0.05) is 230 Å². The van der Waals surface area contributed by atoms with E-state index in [1.54, 1.807) is 58.5 Å². The molecule has 1 aliphatic rings. The van der Waals surface area contributed by atoms with Crippen molar-refractivity contribution in [1.29, 1.82) is 0 Å². The Balaban J connectivity index is 0.000000281. The van der Waals surface area contributed by atoms with Crippen LogP contribution < -0.4 is 111 Å². The quantitative estimate of drug-likeness (QED) is 0.00898. The zero-order valence-electron chi connectivity index (χ0n) is 79.2. The molecule has 7 aromatic heterocycles. The van der Waals surface area contributed by atoms with Gasteiger partial charge in [0.05, 0.1) is 133 Å². The number of imidazole rings is 2. The molecule has 3 atom stereocenters. The number of aromatic nitrogens is 14. The summed E-state index contributed by atoms with van der Waals surface area (Å²) in [5.74, 6) is 6.15. The third-order valence-corrected chi connectivity index (χ3v) is 26.9. The molecular formula is C100H98Br11N18NaO14. The molecule has 0 aliphatic carbocycles. The molecule has 32 nitrogen and oxygen atoms in total. The van der Waals surface area contributed by atoms with Crippen LogP contribution in [-0.2, 0) is 34.0 Å². The third kappa shape index (κ3) is 41.8. The SMILES string of the molecule is CC(Br)c1ccccc1.CC(c1ccccc1)n1ncc(Br)c(Br)c1=O.COc1cc(Br)ccc1-n1cnc(C)c1.COc1cc(Br)ccc1N.COc1cc(N)ccc1-n1cnc(C)c1.C[O-].Cc1cnn(C(C)c2ccccc2)c(=O)c1Br.NNCc1ccccc1.O=C1C=C(Br)C(=O)O1.O=c1[nH]n(Cc2ccccc2)c(=O)cc1Br.O=c1[nH]ncc(Br)c1Br.O=c1cc(Br)c(=O)n(Cc2ccccc2)[nH]1.[Na+]. The minimum absolute atomic E-state index is 0. The van der Waals surface area contributed by atoms with E-state index >= 15 is 0 Å². The number of hydrazine groups is 1. The number of carbonyl (C=O) groups is 2. The number of nitrogen functional groups attached to an aromatic ring is 2. The molecule has 16 aromatic rings. The molecule has 144 heavy (non-hydrogen) atoms. The van der Waals surface area contributed by atoms with Gasteiger partial charge in [-0.3, -0.25) is 55.0 Å². The van der Waals surface area contributed by atoms with Gasteiger partial charge in [-0.05, 0) is 256 Å². The van der Waals surface area contributed by atoms with Gasteiger partial charge in [0.1, 0.15) is 26.2 Å². The number of H-pyrrole nitrogens is 3. The Morgan fingerprint density at radius 2 is 0.882 bits per heavy atom. The van der Waals surface area contributed by atoms with E-state index < -0.39 is 11.9 Å². The number of benzene rings is 9. The Kier molecular flexibility index (Phi) is 56.6. The molecule has 10 N–H and O–H groups in total. The predicted octanol–water partition coefficient (Wildman–Crippen LogP) is 17.2. The van der Waals surface area contributed by atoms with Crippen molar-refractivity contribution >= 4 is 199 Å². The Morgan fingerprint density at radius 1 is 0.451 bits per heavy atom. The fourth-order valence-electron chi connectivity index (χ4n) is 11.7. The van der Waals surface area contributed by atoms with Gasteiger partial charge in [0.25, 0.3) is 38.9 Å². The number of halogens is 11. The second-order valence-corrected chi connectivity index (χ2v) is 39.1. The van der Waals surface area contributed by atoms with Gasteiger partial charge in [-0.15, -0.1) is 0 Å². The van der Waals surface area contributed by atoms with Gasteiger partial charge < -0.3 is 44.7 Å². The summed E-state index contributed by atoms with van der Waals surface area (Å²) in [6.45, 7) is 13.3. The molecule has 0 spiro atoms. The van der Waals surface area contributed by atoms with Crippen LogP contribution in [0.5, 0.6) is 17.2 Å². The number of cyclic esters (lactones) is 2. The maximum atomic E-state index is 12.1. The van der Waals surface area contributed by atoms with Crippen molar-refractivity contribution in [2.24, 2.45) is 5.84 Å².